The molecule has 1 aromatic rings. The molecule has 0 fully saturated rings. The minimum atomic E-state index is -0.215. The van der Waals surface area contributed by atoms with Gasteiger partial charge in [-0.3, -0.25) is 5.32 Å². The second-order valence-corrected chi connectivity index (χ2v) is 5.03. The van der Waals surface area contributed by atoms with Gasteiger partial charge in [0.2, 0.25) is 0 Å². The zero-order chi connectivity index (χ0) is 12.2. The number of hydrogen-bond donors (Lipinski definition) is 2. The van der Waals surface area contributed by atoms with Crippen LogP contribution in [0.4, 0.5) is 10.6 Å². The topological polar surface area (TPSA) is 54.0 Å². The summed E-state index contributed by atoms with van der Waals surface area (Å²) in [7, 11) is 0. The molecule has 2 amide bonds. The third-order valence-corrected chi connectivity index (χ3v) is 1.91. The molecule has 1 heterocycles. The highest BCUT2D eigenvalue weighted by Crippen LogP contribution is 2.10. The molecule has 2 N–H and O–H groups in total. The van der Waals surface area contributed by atoms with E-state index in [4.69, 9.17) is 0 Å². The van der Waals surface area contributed by atoms with Crippen LogP contribution < -0.4 is 10.6 Å². The zero-order valence-electron chi connectivity index (χ0n) is 10.3. The van der Waals surface area contributed by atoms with E-state index in [0.29, 0.717) is 12.4 Å². The molecule has 1 aromatic heterocycles. The Morgan fingerprint density at radius 1 is 1.38 bits per heavy atom. The highest BCUT2D eigenvalue weighted by molar-refractivity contribution is 5.88. The summed E-state index contributed by atoms with van der Waals surface area (Å²) in [5.41, 5.74) is 0.964. The molecule has 0 unspecified atom stereocenters. The van der Waals surface area contributed by atoms with Crippen molar-refractivity contribution in [1.82, 2.24) is 10.3 Å². The maximum atomic E-state index is 11.5. The van der Waals surface area contributed by atoms with Crippen molar-refractivity contribution in [3.05, 3.63) is 23.9 Å². The van der Waals surface area contributed by atoms with Crippen molar-refractivity contribution in [3.8, 4) is 0 Å². The largest absolute Gasteiger partial charge is 0.337 e. The van der Waals surface area contributed by atoms with Gasteiger partial charge in [0.1, 0.15) is 5.82 Å². The molecule has 0 spiro atoms. The summed E-state index contributed by atoms with van der Waals surface area (Å²) >= 11 is 0. The highest BCUT2D eigenvalue weighted by atomic mass is 16.2. The van der Waals surface area contributed by atoms with Gasteiger partial charge in [-0.05, 0) is 24.5 Å². The number of aromatic nitrogens is 1. The van der Waals surface area contributed by atoms with Gasteiger partial charge in [0.15, 0.2) is 0 Å². The smallest absolute Gasteiger partial charge is 0.320 e. The number of hydrogen-bond acceptors (Lipinski definition) is 2. The molecule has 88 valence electrons. The van der Waals surface area contributed by atoms with Crippen LogP contribution in [0.2, 0.25) is 0 Å². The first-order valence-corrected chi connectivity index (χ1v) is 5.35. The number of nitrogens with one attached hydrogen (secondary N) is 2. The molecule has 0 radical (unpaired) electrons. The Bertz CT molecular complexity index is 369. The molecular weight excluding hydrogens is 202 g/mol. The average molecular weight is 221 g/mol. The van der Waals surface area contributed by atoms with E-state index in [0.717, 1.165) is 5.69 Å². The number of anilines is 1. The summed E-state index contributed by atoms with van der Waals surface area (Å²) in [5.74, 6) is 0.575. The predicted molar refractivity (Wildman–Crippen MR) is 65.5 cm³/mol. The van der Waals surface area contributed by atoms with Crippen LogP contribution in [0, 0.1) is 12.3 Å². The van der Waals surface area contributed by atoms with Crippen LogP contribution in [0.5, 0.6) is 0 Å². The van der Waals surface area contributed by atoms with Crippen LogP contribution in [-0.2, 0) is 0 Å². The molecule has 0 atom stereocenters. The molecule has 16 heavy (non-hydrogen) atoms. The molecule has 0 aromatic carbocycles. The number of nitrogens with zero attached hydrogens (tertiary/aromatic N) is 1. The zero-order valence-corrected chi connectivity index (χ0v) is 10.3. The van der Waals surface area contributed by atoms with Crippen molar-refractivity contribution in [1.29, 1.82) is 0 Å². The fraction of sp³-hybridized carbons (Fsp3) is 0.500. The third kappa shape index (κ3) is 4.77. The Labute approximate surface area is 96.5 Å². The highest BCUT2D eigenvalue weighted by Gasteiger charge is 2.11. The van der Waals surface area contributed by atoms with Crippen molar-refractivity contribution in [2.75, 3.05) is 11.9 Å². The minimum absolute atomic E-state index is 0.0807. The molecule has 4 nitrogen and oxygen atoms in total. The number of pyridine rings is 1. The Balaban J connectivity index is 2.46. The Morgan fingerprint density at radius 2 is 2.06 bits per heavy atom. The molecule has 0 aliphatic heterocycles. The molecule has 4 heteroatoms. The SMILES string of the molecule is Cc1cccc(NC(=O)NCC(C)(C)C)n1. The second kappa shape index (κ2) is 4.96. The van der Waals surface area contributed by atoms with Crippen molar-refractivity contribution < 1.29 is 4.79 Å². The maximum Gasteiger partial charge on any atom is 0.320 e. The monoisotopic (exact) mass is 221 g/mol. The van der Waals surface area contributed by atoms with E-state index in [1.807, 2.05) is 19.1 Å². The van der Waals surface area contributed by atoms with E-state index >= 15 is 0 Å². The lowest BCUT2D eigenvalue weighted by Crippen LogP contribution is -2.35. The first-order valence-electron chi connectivity index (χ1n) is 5.35. The van der Waals surface area contributed by atoms with E-state index in [9.17, 15) is 4.79 Å². The van der Waals surface area contributed by atoms with E-state index in [-0.39, 0.29) is 11.4 Å². The van der Waals surface area contributed by atoms with Gasteiger partial charge in [0, 0.05) is 12.2 Å². The molecule has 0 aliphatic rings. The van der Waals surface area contributed by atoms with Crippen molar-refractivity contribution in [3.63, 3.8) is 0 Å². The normalized spacial score (nSPS) is 11.0. The lowest BCUT2D eigenvalue weighted by Gasteiger charge is -2.18. The first-order chi connectivity index (χ1) is 7.37. The number of rotatable bonds is 2. The summed E-state index contributed by atoms with van der Waals surface area (Å²) in [6.07, 6.45) is 0. The van der Waals surface area contributed by atoms with Gasteiger partial charge in [0.05, 0.1) is 0 Å². The van der Waals surface area contributed by atoms with Crippen LogP contribution in [0.1, 0.15) is 26.5 Å². The number of urea groups is 1. The number of carbonyl (C=O) groups is 1. The van der Waals surface area contributed by atoms with Crippen LogP contribution >= 0.6 is 0 Å². The van der Waals surface area contributed by atoms with E-state index < -0.39 is 0 Å². The van der Waals surface area contributed by atoms with Gasteiger partial charge in [-0.15, -0.1) is 0 Å². The van der Waals surface area contributed by atoms with Gasteiger partial charge in [-0.1, -0.05) is 26.8 Å². The third-order valence-electron chi connectivity index (χ3n) is 1.91. The quantitative estimate of drug-likeness (QED) is 0.806. The first kappa shape index (κ1) is 12.5. The summed E-state index contributed by atoms with van der Waals surface area (Å²) in [6.45, 7) is 8.72. The van der Waals surface area contributed by atoms with Crippen LogP contribution in [-0.4, -0.2) is 17.6 Å². The summed E-state index contributed by atoms with van der Waals surface area (Å²) < 4.78 is 0. The molecular formula is C12H19N3O. The van der Waals surface area contributed by atoms with Crippen LogP contribution in [0.3, 0.4) is 0 Å². The van der Waals surface area contributed by atoms with Gasteiger partial charge >= 0.3 is 6.03 Å². The number of carbonyl (C=O) groups excluding carboxylic acids is 1. The van der Waals surface area contributed by atoms with Crippen molar-refractivity contribution >= 4 is 11.8 Å². The fourth-order valence-corrected chi connectivity index (χ4v) is 1.12. The average Bonchev–Trinajstić information content (AvgIpc) is 2.14. The number of aryl methyl sites for hydroxylation is 1. The lowest BCUT2D eigenvalue weighted by atomic mass is 9.97. The standard InChI is InChI=1S/C12H19N3O/c1-9-6-5-7-10(14-9)15-11(16)13-8-12(2,3)4/h5-7H,8H2,1-4H3,(H2,13,14,15,16). The van der Waals surface area contributed by atoms with Crippen molar-refractivity contribution in [2.24, 2.45) is 5.41 Å². The van der Waals surface area contributed by atoms with E-state index in [2.05, 4.69) is 36.4 Å². The fourth-order valence-electron chi connectivity index (χ4n) is 1.12. The molecule has 0 bridgehead atoms. The second-order valence-electron chi connectivity index (χ2n) is 5.03. The molecule has 0 saturated heterocycles. The number of amides is 2. The molecule has 1 rings (SSSR count). The summed E-state index contributed by atoms with van der Waals surface area (Å²) in [5, 5.41) is 5.49. The van der Waals surface area contributed by atoms with Gasteiger partial charge < -0.3 is 5.32 Å². The Kier molecular flexibility index (Phi) is 3.88. The molecule has 0 saturated carbocycles. The van der Waals surface area contributed by atoms with Crippen molar-refractivity contribution in [2.45, 2.75) is 27.7 Å². The lowest BCUT2D eigenvalue weighted by molar-refractivity contribution is 0.247. The maximum absolute atomic E-state index is 11.5. The minimum Gasteiger partial charge on any atom is -0.337 e. The van der Waals surface area contributed by atoms with Gasteiger partial charge in [-0.2, -0.15) is 0 Å². The van der Waals surface area contributed by atoms with E-state index in [1.165, 1.54) is 0 Å². The summed E-state index contributed by atoms with van der Waals surface area (Å²) in [4.78, 5) is 15.7. The Hall–Kier alpha value is -1.58. The predicted octanol–water partition coefficient (Wildman–Crippen LogP) is 2.56. The summed E-state index contributed by atoms with van der Waals surface area (Å²) in [6, 6.07) is 5.30. The molecule has 0 aliphatic carbocycles. The van der Waals surface area contributed by atoms with Crippen LogP contribution in [0.25, 0.3) is 0 Å². The van der Waals surface area contributed by atoms with Crippen LogP contribution in [0.15, 0.2) is 18.2 Å². The van der Waals surface area contributed by atoms with Gasteiger partial charge in [0.25, 0.3) is 0 Å². The Morgan fingerprint density at radius 3 is 2.62 bits per heavy atom. The van der Waals surface area contributed by atoms with Gasteiger partial charge in [-0.25, -0.2) is 9.78 Å². The van der Waals surface area contributed by atoms with E-state index in [1.54, 1.807) is 6.07 Å².